The number of nitrogens with zero attached hydrogens (tertiary/aromatic N) is 2. The molecule has 0 amide bonds. The Balaban J connectivity index is 1.57. The quantitative estimate of drug-likeness (QED) is 0.543. The average molecular weight is 304 g/mol. The molecule has 0 aliphatic carbocycles. The van der Waals surface area contributed by atoms with Crippen LogP contribution in [-0.4, -0.2) is 15.8 Å². The van der Waals surface area contributed by atoms with Crippen molar-refractivity contribution in [2.75, 3.05) is 0 Å². The summed E-state index contributed by atoms with van der Waals surface area (Å²) < 4.78 is 0. The number of nitrogens with two attached hydrogens (primary N) is 1. The summed E-state index contributed by atoms with van der Waals surface area (Å²) in [5.41, 5.74) is 10.7. The van der Waals surface area contributed by atoms with E-state index in [2.05, 4.69) is 51.4 Å². The van der Waals surface area contributed by atoms with Gasteiger partial charge in [0.2, 0.25) is 0 Å². The molecule has 4 nitrogen and oxygen atoms in total. The van der Waals surface area contributed by atoms with Crippen LogP contribution in [-0.2, 0) is 19.4 Å². The van der Waals surface area contributed by atoms with Crippen LogP contribution in [0.1, 0.15) is 22.4 Å². The van der Waals surface area contributed by atoms with Gasteiger partial charge in [-0.15, -0.1) is 0 Å². The van der Waals surface area contributed by atoms with Gasteiger partial charge >= 0.3 is 0 Å². The Kier molecular flexibility index (Phi) is 4.84. The maximum Gasteiger partial charge on any atom is 0.0985 e. The van der Waals surface area contributed by atoms with Crippen molar-refractivity contribution >= 4 is 5.84 Å². The standard InChI is InChI=1S/C19H20N4/c20-19(22-12-17-4-2-1-3-5-17)11-16-8-6-15(7-9-16)10-18-13-21-14-23-18/h1-9,13-14H,10-12H2,(H2,20,22)(H,21,23). The summed E-state index contributed by atoms with van der Waals surface area (Å²) in [5.74, 6) is 0.661. The second-order valence-electron chi connectivity index (χ2n) is 5.52. The highest BCUT2D eigenvalue weighted by Crippen LogP contribution is 2.10. The zero-order chi connectivity index (χ0) is 15.9. The minimum atomic E-state index is 0.629. The Morgan fingerprint density at radius 2 is 1.70 bits per heavy atom. The van der Waals surface area contributed by atoms with Crippen molar-refractivity contribution in [2.45, 2.75) is 19.4 Å². The third kappa shape index (κ3) is 4.54. The van der Waals surface area contributed by atoms with Crippen molar-refractivity contribution in [3.63, 3.8) is 0 Å². The summed E-state index contributed by atoms with van der Waals surface area (Å²) in [6.07, 6.45) is 5.13. The summed E-state index contributed by atoms with van der Waals surface area (Å²) in [5, 5.41) is 0. The number of rotatable bonds is 6. The minimum absolute atomic E-state index is 0.629. The fourth-order valence-corrected chi connectivity index (χ4v) is 2.41. The summed E-state index contributed by atoms with van der Waals surface area (Å²) in [4.78, 5) is 11.7. The number of aromatic nitrogens is 2. The average Bonchev–Trinajstić information content (AvgIpc) is 3.09. The van der Waals surface area contributed by atoms with E-state index in [0.29, 0.717) is 18.8 Å². The molecule has 1 aromatic heterocycles. The van der Waals surface area contributed by atoms with Crippen LogP contribution in [0.25, 0.3) is 0 Å². The van der Waals surface area contributed by atoms with Gasteiger partial charge in [-0.3, -0.25) is 4.99 Å². The number of hydrogen-bond donors (Lipinski definition) is 2. The van der Waals surface area contributed by atoms with Gasteiger partial charge in [0.05, 0.1) is 24.4 Å². The Hall–Kier alpha value is -2.88. The van der Waals surface area contributed by atoms with Gasteiger partial charge in [-0.25, -0.2) is 4.98 Å². The van der Waals surface area contributed by atoms with E-state index >= 15 is 0 Å². The monoisotopic (exact) mass is 304 g/mol. The first-order chi connectivity index (χ1) is 11.3. The molecule has 3 rings (SSSR count). The van der Waals surface area contributed by atoms with E-state index in [1.807, 2.05) is 24.4 Å². The molecular weight excluding hydrogens is 284 g/mol. The first-order valence-electron chi connectivity index (χ1n) is 7.68. The molecule has 0 fully saturated rings. The highest BCUT2D eigenvalue weighted by atomic mass is 14.9. The Morgan fingerprint density at radius 1 is 0.957 bits per heavy atom. The van der Waals surface area contributed by atoms with Crippen LogP contribution in [0.3, 0.4) is 0 Å². The molecule has 0 spiro atoms. The van der Waals surface area contributed by atoms with E-state index in [1.54, 1.807) is 6.33 Å². The number of aliphatic imine (C=N–C) groups is 1. The van der Waals surface area contributed by atoms with Gasteiger partial charge < -0.3 is 10.7 Å². The maximum atomic E-state index is 6.04. The summed E-state index contributed by atoms with van der Waals surface area (Å²) in [6.45, 7) is 0.629. The Morgan fingerprint density at radius 3 is 2.39 bits per heavy atom. The molecule has 0 saturated carbocycles. The lowest BCUT2D eigenvalue weighted by molar-refractivity contribution is 1.04. The third-order valence-electron chi connectivity index (χ3n) is 3.66. The lowest BCUT2D eigenvalue weighted by Gasteiger charge is -2.04. The molecule has 0 atom stereocenters. The first-order valence-corrected chi connectivity index (χ1v) is 7.68. The zero-order valence-electron chi connectivity index (χ0n) is 12.9. The van der Waals surface area contributed by atoms with Crippen LogP contribution in [0.15, 0.2) is 72.1 Å². The molecule has 0 aliphatic rings. The first kappa shape index (κ1) is 15.0. The fraction of sp³-hybridized carbons (Fsp3) is 0.158. The number of benzene rings is 2. The zero-order valence-corrected chi connectivity index (χ0v) is 12.9. The molecule has 0 bridgehead atoms. The van der Waals surface area contributed by atoms with Gasteiger partial charge in [0, 0.05) is 19.0 Å². The second-order valence-corrected chi connectivity index (χ2v) is 5.52. The number of aromatic amines is 1. The van der Waals surface area contributed by atoms with Gasteiger partial charge in [-0.1, -0.05) is 54.6 Å². The molecule has 116 valence electrons. The predicted octanol–water partition coefficient (Wildman–Crippen LogP) is 3.10. The number of H-pyrrole nitrogens is 1. The van der Waals surface area contributed by atoms with E-state index in [9.17, 15) is 0 Å². The van der Waals surface area contributed by atoms with E-state index in [0.717, 1.165) is 12.1 Å². The van der Waals surface area contributed by atoms with Crippen molar-refractivity contribution in [3.8, 4) is 0 Å². The highest BCUT2D eigenvalue weighted by molar-refractivity contribution is 5.82. The molecule has 0 saturated heterocycles. The third-order valence-corrected chi connectivity index (χ3v) is 3.66. The number of imidazole rings is 1. The van der Waals surface area contributed by atoms with E-state index < -0.39 is 0 Å². The number of nitrogens with one attached hydrogen (secondary N) is 1. The van der Waals surface area contributed by atoms with E-state index in [-0.39, 0.29) is 0 Å². The fourth-order valence-electron chi connectivity index (χ4n) is 2.41. The lowest BCUT2D eigenvalue weighted by Crippen LogP contribution is -2.15. The Bertz CT molecular complexity index is 744. The van der Waals surface area contributed by atoms with Crippen molar-refractivity contribution < 1.29 is 0 Å². The van der Waals surface area contributed by atoms with Crippen LogP contribution >= 0.6 is 0 Å². The number of hydrogen-bond acceptors (Lipinski definition) is 2. The molecule has 1 heterocycles. The topological polar surface area (TPSA) is 67.1 Å². The van der Waals surface area contributed by atoms with Gasteiger partial charge in [0.15, 0.2) is 0 Å². The van der Waals surface area contributed by atoms with E-state index in [1.165, 1.54) is 16.7 Å². The Labute approximate surface area is 136 Å². The molecule has 3 N–H and O–H groups in total. The van der Waals surface area contributed by atoms with Crippen molar-refractivity contribution in [1.82, 2.24) is 9.97 Å². The number of amidine groups is 1. The van der Waals surface area contributed by atoms with Crippen LogP contribution < -0.4 is 5.73 Å². The normalized spacial score (nSPS) is 11.6. The lowest BCUT2D eigenvalue weighted by atomic mass is 10.1. The second kappa shape index (κ2) is 7.40. The van der Waals surface area contributed by atoms with Gasteiger partial charge in [0.1, 0.15) is 0 Å². The molecule has 4 heteroatoms. The smallest absolute Gasteiger partial charge is 0.0985 e. The minimum Gasteiger partial charge on any atom is -0.387 e. The van der Waals surface area contributed by atoms with Crippen molar-refractivity contribution in [2.24, 2.45) is 10.7 Å². The molecule has 2 aromatic carbocycles. The van der Waals surface area contributed by atoms with Crippen molar-refractivity contribution in [3.05, 3.63) is 89.5 Å². The maximum absolute atomic E-state index is 6.04. The molecule has 0 radical (unpaired) electrons. The van der Waals surface area contributed by atoms with Crippen LogP contribution in [0.5, 0.6) is 0 Å². The predicted molar refractivity (Wildman–Crippen MR) is 93.3 cm³/mol. The van der Waals surface area contributed by atoms with Gasteiger partial charge in [-0.05, 0) is 16.7 Å². The SMILES string of the molecule is NC(Cc1ccc(Cc2c[nH]cn2)cc1)=NCc1ccccc1. The van der Waals surface area contributed by atoms with Crippen LogP contribution in [0.2, 0.25) is 0 Å². The molecule has 0 aliphatic heterocycles. The molecular formula is C19H20N4. The highest BCUT2D eigenvalue weighted by Gasteiger charge is 2.01. The van der Waals surface area contributed by atoms with Gasteiger partial charge in [-0.2, -0.15) is 0 Å². The summed E-state index contributed by atoms with van der Waals surface area (Å²) in [6, 6.07) is 18.6. The molecule has 0 unspecified atom stereocenters. The van der Waals surface area contributed by atoms with Gasteiger partial charge in [0.25, 0.3) is 0 Å². The van der Waals surface area contributed by atoms with E-state index in [4.69, 9.17) is 5.73 Å². The van der Waals surface area contributed by atoms with Crippen LogP contribution in [0.4, 0.5) is 0 Å². The molecule has 3 aromatic rings. The summed E-state index contributed by atoms with van der Waals surface area (Å²) in [7, 11) is 0. The largest absolute Gasteiger partial charge is 0.387 e. The van der Waals surface area contributed by atoms with Crippen molar-refractivity contribution in [1.29, 1.82) is 0 Å². The summed E-state index contributed by atoms with van der Waals surface area (Å²) >= 11 is 0. The molecule has 23 heavy (non-hydrogen) atoms. The van der Waals surface area contributed by atoms with Crippen LogP contribution in [0, 0.1) is 0 Å².